The van der Waals surface area contributed by atoms with E-state index in [2.05, 4.69) is 19.9 Å². The number of amides is 1. The lowest BCUT2D eigenvalue weighted by Crippen LogP contribution is -2.27. The Morgan fingerprint density at radius 3 is 3.00 bits per heavy atom. The Kier molecular flexibility index (Phi) is 3.66. The number of fused-ring (bicyclic) bond motifs is 1. The molecule has 0 saturated carbocycles. The fraction of sp³-hybridized carbons (Fsp3) is 0.200. The van der Waals surface area contributed by atoms with Crippen LogP contribution in [0.25, 0.3) is 11.0 Å². The van der Waals surface area contributed by atoms with Gasteiger partial charge in [0.2, 0.25) is 0 Å². The summed E-state index contributed by atoms with van der Waals surface area (Å²) in [5.74, 6) is 0.775. The van der Waals surface area contributed by atoms with Crippen LogP contribution in [0.1, 0.15) is 16.3 Å². The summed E-state index contributed by atoms with van der Waals surface area (Å²) in [4.78, 5) is 19.2. The number of imidazole rings is 1. The molecule has 0 aliphatic carbocycles. The van der Waals surface area contributed by atoms with E-state index in [-0.39, 0.29) is 5.91 Å². The zero-order chi connectivity index (χ0) is 14.8. The Balaban J connectivity index is 1.67. The lowest BCUT2D eigenvalue weighted by molar-refractivity contribution is 0.0948. The first-order valence-electron chi connectivity index (χ1n) is 6.69. The molecule has 0 aliphatic rings. The molecule has 0 radical (unpaired) electrons. The average Bonchev–Trinajstić information content (AvgIpc) is 3.03. The molecule has 5 nitrogen and oxygen atoms in total. The van der Waals surface area contributed by atoms with Gasteiger partial charge in [0.1, 0.15) is 11.5 Å². The highest BCUT2D eigenvalue weighted by Gasteiger charge is 2.09. The highest BCUT2D eigenvalue weighted by molar-refractivity contribution is 6.30. The van der Waals surface area contributed by atoms with Crippen molar-refractivity contribution in [1.29, 1.82) is 0 Å². The number of hydrogen-bond acceptors (Lipinski definition) is 2. The van der Waals surface area contributed by atoms with Gasteiger partial charge in [-0.25, -0.2) is 4.98 Å². The van der Waals surface area contributed by atoms with E-state index in [1.165, 1.54) is 0 Å². The zero-order valence-corrected chi connectivity index (χ0v) is 12.3. The van der Waals surface area contributed by atoms with E-state index >= 15 is 0 Å². The van der Waals surface area contributed by atoms with Crippen molar-refractivity contribution in [3.05, 3.63) is 53.1 Å². The minimum Gasteiger partial charge on any atom is -0.356 e. The molecule has 2 N–H and O–H groups in total. The number of para-hydroxylation sites is 2. The molecule has 1 amide bonds. The quantitative estimate of drug-likeness (QED) is 0.778. The number of rotatable bonds is 4. The smallest absolute Gasteiger partial charge is 0.267 e. The minimum atomic E-state index is -0.163. The van der Waals surface area contributed by atoms with Gasteiger partial charge in [-0.05, 0) is 25.1 Å². The van der Waals surface area contributed by atoms with E-state index in [0.29, 0.717) is 23.8 Å². The molecule has 0 aliphatic heterocycles. The molecular weight excluding hydrogens is 288 g/mol. The molecule has 3 rings (SSSR count). The van der Waals surface area contributed by atoms with Gasteiger partial charge in [-0.1, -0.05) is 23.7 Å². The number of benzene rings is 1. The van der Waals surface area contributed by atoms with Crippen LogP contribution in [0.4, 0.5) is 0 Å². The van der Waals surface area contributed by atoms with Gasteiger partial charge >= 0.3 is 0 Å². The Morgan fingerprint density at radius 1 is 1.43 bits per heavy atom. The van der Waals surface area contributed by atoms with Gasteiger partial charge in [-0.3, -0.25) is 4.79 Å². The van der Waals surface area contributed by atoms with E-state index in [1.807, 2.05) is 31.2 Å². The normalized spacial score (nSPS) is 11.0. The molecule has 1 aromatic carbocycles. The summed E-state index contributed by atoms with van der Waals surface area (Å²) in [6.45, 7) is 3.16. The lowest BCUT2D eigenvalue weighted by atomic mass is 10.3. The first-order valence-corrected chi connectivity index (χ1v) is 7.07. The predicted molar refractivity (Wildman–Crippen MR) is 82.6 cm³/mol. The van der Waals surface area contributed by atoms with Crippen LogP contribution in [-0.2, 0) is 6.54 Å². The van der Waals surface area contributed by atoms with Crippen molar-refractivity contribution in [3.8, 4) is 0 Å². The highest BCUT2D eigenvalue weighted by Crippen LogP contribution is 2.15. The van der Waals surface area contributed by atoms with Gasteiger partial charge in [0.15, 0.2) is 0 Å². The van der Waals surface area contributed by atoms with E-state index in [0.717, 1.165) is 16.9 Å². The van der Waals surface area contributed by atoms with Crippen LogP contribution in [-0.4, -0.2) is 27.0 Å². The summed E-state index contributed by atoms with van der Waals surface area (Å²) in [5, 5.41) is 3.39. The number of carbonyl (C=O) groups excluding carboxylic acids is 1. The van der Waals surface area contributed by atoms with Crippen LogP contribution in [0, 0.1) is 6.92 Å². The molecule has 3 aromatic rings. The molecule has 0 atom stereocenters. The molecule has 6 heteroatoms. The number of aromatic amines is 1. The maximum Gasteiger partial charge on any atom is 0.267 e. The van der Waals surface area contributed by atoms with E-state index in [1.54, 1.807) is 12.3 Å². The predicted octanol–water partition coefficient (Wildman–Crippen LogP) is 2.76. The monoisotopic (exact) mass is 302 g/mol. The molecule has 2 aromatic heterocycles. The van der Waals surface area contributed by atoms with Gasteiger partial charge in [0.25, 0.3) is 5.91 Å². The SMILES string of the molecule is Cc1nc2ccccc2n1CCNC(=O)c1cc(Cl)c[nH]1. The van der Waals surface area contributed by atoms with Crippen LogP contribution >= 0.6 is 11.6 Å². The third-order valence-electron chi connectivity index (χ3n) is 3.36. The number of aromatic nitrogens is 3. The number of nitrogens with zero attached hydrogens (tertiary/aromatic N) is 2. The van der Waals surface area contributed by atoms with Crippen molar-refractivity contribution in [2.75, 3.05) is 6.54 Å². The topological polar surface area (TPSA) is 62.7 Å². The van der Waals surface area contributed by atoms with E-state index in [9.17, 15) is 4.79 Å². The molecular formula is C15H15ClN4O. The van der Waals surface area contributed by atoms with Crippen molar-refractivity contribution >= 4 is 28.5 Å². The second kappa shape index (κ2) is 5.61. The Morgan fingerprint density at radius 2 is 2.24 bits per heavy atom. The fourth-order valence-electron chi connectivity index (χ4n) is 2.35. The summed E-state index contributed by atoms with van der Waals surface area (Å²) in [5.41, 5.74) is 2.51. The maximum atomic E-state index is 11.9. The molecule has 0 bridgehead atoms. The minimum absolute atomic E-state index is 0.163. The molecule has 2 heterocycles. The van der Waals surface area contributed by atoms with Gasteiger partial charge in [-0.15, -0.1) is 0 Å². The second-order valence-corrected chi connectivity index (χ2v) is 5.22. The average molecular weight is 303 g/mol. The van der Waals surface area contributed by atoms with Crippen LogP contribution < -0.4 is 5.32 Å². The van der Waals surface area contributed by atoms with Crippen molar-refractivity contribution in [2.45, 2.75) is 13.5 Å². The second-order valence-electron chi connectivity index (χ2n) is 4.79. The Labute approximate surface area is 126 Å². The van der Waals surface area contributed by atoms with Crippen molar-refractivity contribution in [2.24, 2.45) is 0 Å². The molecule has 0 saturated heterocycles. The zero-order valence-electron chi connectivity index (χ0n) is 11.6. The summed E-state index contributed by atoms with van der Waals surface area (Å²) in [6, 6.07) is 9.57. The third kappa shape index (κ3) is 2.78. The van der Waals surface area contributed by atoms with Crippen LogP contribution in [0.2, 0.25) is 5.02 Å². The Bertz CT molecular complexity index is 790. The largest absolute Gasteiger partial charge is 0.356 e. The summed E-state index contributed by atoms with van der Waals surface area (Å²) >= 11 is 5.78. The van der Waals surface area contributed by atoms with Crippen molar-refractivity contribution < 1.29 is 4.79 Å². The third-order valence-corrected chi connectivity index (χ3v) is 3.58. The first-order chi connectivity index (χ1) is 10.1. The molecule has 0 spiro atoms. The van der Waals surface area contributed by atoms with Gasteiger partial charge in [-0.2, -0.15) is 0 Å². The Hall–Kier alpha value is -2.27. The molecule has 0 fully saturated rings. The van der Waals surface area contributed by atoms with E-state index < -0.39 is 0 Å². The number of aryl methyl sites for hydroxylation is 1. The van der Waals surface area contributed by atoms with Gasteiger partial charge in [0, 0.05) is 19.3 Å². The summed E-state index contributed by atoms with van der Waals surface area (Å²) in [7, 11) is 0. The van der Waals surface area contributed by atoms with Crippen molar-refractivity contribution in [3.63, 3.8) is 0 Å². The van der Waals surface area contributed by atoms with Gasteiger partial charge in [0.05, 0.1) is 16.1 Å². The van der Waals surface area contributed by atoms with Crippen LogP contribution in [0.5, 0.6) is 0 Å². The number of halogens is 1. The molecule has 0 unspecified atom stereocenters. The van der Waals surface area contributed by atoms with Crippen LogP contribution in [0.15, 0.2) is 36.5 Å². The number of nitrogens with one attached hydrogen (secondary N) is 2. The summed E-state index contributed by atoms with van der Waals surface area (Å²) in [6.07, 6.45) is 1.59. The van der Waals surface area contributed by atoms with Crippen LogP contribution in [0.3, 0.4) is 0 Å². The highest BCUT2D eigenvalue weighted by atomic mass is 35.5. The molecule has 108 valence electrons. The van der Waals surface area contributed by atoms with Crippen molar-refractivity contribution in [1.82, 2.24) is 19.9 Å². The fourth-order valence-corrected chi connectivity index (χ4v) is 2.52. The number of carbonyl (C=O) groups is 1. The van der Waals surface area contributed by atoms with Gasteiger partial charge < -0.3 is 14.9 Å². The lowest BCUT2D eigenvalue weighted by Gasteiger charge is -2.08. The standard InChI is InChI=1S/C15H15ClN4O/c1-10-19-12-4-2-3-5-14(12)20(10)7-6-17-15(21)13-8-11(16)9-18-13/h2-5,8-9,18H,6-7H2,1H3,(H,17,21). The number of H-pyrrole nitrogens is 1. The molecule has 21 heavy (non-hydrogen) atoms. The summed E-state index contributed by atoms with van der Waals surface area (Å²) < 4.78 is 2.09. The van der Waals surface area contributed by atoms with E-state index in [4.69, 9.17) is 11.6 Å². The first kappa shape index (κ1) is 13.7. The maximum absolute atomic E-state index is 11.9. The number of hydrogen-bond donors (Lipinski definition) is 2.